The van der Waals surface area contributed by atoms with Crippen molar-refractivity contribution in [2.75, 3.05) is 0 Å². The molecule has 1 aliphatic heterocycles. The van der Waals surface area contributed by atoms with Crippen molar-refractivity contribution in [1.82, 2.24) is 5.01 Å². The number of benzene rings is 5. The molecule has 1 heterocycles. The molecule has 0 spiro atoms. The van der Waals surface area contributed by atoms with Gasteiger partial charge in [0.2, 0.25) is 0 Å². The van der Waals surface area contributed by atoms with Gasteiger partial charge < -0.3 is 4.74 Å². The minimum absolute atomic E-state index is 0.148. The van der Waals surface area contributed by atoms with Crippen LogP contribution in [0.1, 0.15) is 45.2 Å². The van der Waals surface area contributed by atoms with Crippen molar-refractivity contribution in [2.45, 2.75) is 18.4 Å². The Bertz CT molecular complexity index is 1770. The minimum atomic E-state index is -0.452. The van der Waals surface area contributed by atoms with Crippen LogP contribution in [-0.2, 0) is 16.2 Å². The number of rotatable bonds is 5. The lowest BCUT2D eigenvalue weighted by molar-refractivity contribution is -0.139. The van der Waals surface area contributed by atoms with Crippen molar-refractivity contribution in [3.63, 3.8) is 0 Å². The quantitative estimate of drug-likeness (QED) is 0.188. The first-order valence-corrected chi connectivity index (χ1v) is 14.0. The maximum Gasteiger partial charge on any atom is 0.254 e. The molecule has 4 aliphatic rings. The molecule has 0 aromatic heterocycles. The summed E-state index contributed by atoms with van der Waals surface area (Å²) in [7, 11) is 0. The highest BCUT2D eigenvalue weighted by Crippen LogP contribution is 2.60. The van der Waals surface area contributed by atoms with Crippen LogP contribution in [0, 0.1) is 11.8 Å². The van der Waals surface area contributed by atoms with Gasteiger partial charge in [-0.1, -0.05) is 103 Å². The fourth-order valence-corrected chi connectivity index (χ4v) is 7.19. The number of hydrogen-bond donors (Lipinski definition) is 0. The third-order valence-electron chi connectivity index (χ3n) is 8.92. The van der Waals surface area contributed by atoms with Gasteiger partial charge >= 0.3 is 0 Å². The summed E-state index contributed by atoms with van der Waals surface area (Å²) in [6, 6.07) is 38.5. The van der Waals surface area contributed by atoms with Crippen molar-refractivity contribution in [1.29, 1.82) is 0 Å². The van der Waals surface area contributed by atoms with Crippen LogP contribution < -0.4 is 4.74 Å². The number of hydrazone groups is 1. The molecule has 2 amide bonds. The minimum Gasteiger partial charge on any atom is -0.488 e. The molecule has 1 fully saturated rings. The second kappa shape index (κ2) is 9.27. The van der Waals surface area contributed by atoms with Crippen molar-refractivity contribution >= 4 is 28.8 Å². The van der Waals surface area contributed by atoms with E-state index >= 15 is 0 Å². The molecule has 1 saturated heterocycles. The van der Waals surface area contributed by atoms with E-state index in [0.717, 1.165) is 43.6 Å². The first-order valence-electron chi connectivity index (χ1n) is 14.0. The van der Waals surface area contributed by atoms with Crippen molar-refractivity contribution in [3.05, 3.63) is 149 Å². The van der Waals surface area contributed by atoms with Gasteiger partial charge in [-0.15, -0.1) is 0 Å². The monoisotopic (exact) mass is 534 g/mol. The Labute approximate surface area is 237 Å². The molecule has 41 heavy (non-hydrogen) atoms. The largest absolute Gasteiger partial charge is 0.488 e. The Kier molecular flexibility index (Phi) is 5.39. The van der Waals surface area contributed by atoms with Crippen molar-refractivity contribution < 1.29 is 14.3 Å². The van der Waals surface area contributed by atoms with Crippen LogP contribution in [0.25, 0.3) is 10.8 Å². The Morgan fingerprint density at radius 1 is 0.634 bits per heavy atom. The second-order valence-corrected chi connectivity index (χ2v) is 11.0. The predicted molar refractivity (Wildman–Crippen MR) is 158 cm³/mol. The van der Waals surface area contributed by atoms with E-state index in [2.05, 4.69) is 53.6 Å². The van der Waals surface area contributed by atoms with E-state index in [4.69, 9.17) is 4.74 Å². The fourth-order valence-electron chi connectivity index (χ4n) is 7.19. The number of para-hydroxylation sites is 1. The standard InChI is InChI=1S/C36H26N2O3/c39-35-33-31-26-15-4-5-16-27(26)32(29-18-7-6-17-28(29)31)34(33)36(40)38(35)37-20-23-11-2-8-19-30(23)41-21-24-13-9-12-22-10-1-3-14-25(22)24/h1-20,31-34H,21H2/b37-20-/t31?,32?,33-,34-/m0/s1. The number of nitrogens with zero attached hydrogens (tertiary/aromatic N) is 2. The lowest BCUT2D eigenvalue weighted by Gasteiger charge is -2.45. The molecular weight excluding hydrogens is 508 g/mol. The van der Waals surface area contributed by atoms with Gasteiger partial charge in [0, 0.05) is 17.4 Å². The third kappa shape index (κ3) is 3.59. The van der Waals surface area contributed by atoms with Gasteiger partial charge in [0.25, 0.3) is 11.8 Å². The van der Waals surface area contributed by atoms with Crippen molar-refractivity contribution in [2.24, 2.45) is 16.9 Å². The highest BCUT2D eigenvalue weighted by Gasteiger charge is 2.61. The van der Waals surface area contributed by atoms with E-state index in [0.29, 0.717) is 17.9 Å². The average molecular weight is 535 g/mol. The molecule has 5 aromatic carbocycles. The summed E-state index contributed by atoms with van der Waals surface area (Å²) >= 11 is 0. The highest BCUT2D eigenvalue weighted by molar-refractivity contribution is 6.08. The van der Waals surface area contributed by atoms with Crippen LogP contribution in [0.5, 0.6) is 5.75 Å². The summed E-state index contributed by atoms with van der Waals surface area (Å²) in [5.41, 5.74) is 6.39. The zero-order valence-electron chi connectivity index (χ0n) is 22.2. The van der Waals surface area contributed by atoms with Gasteiger partial charge in [0.1, 0.15) is 12.4 Å². The molecule has 2 bridgehead atoms. The van der Waals surface area contributed by atoms with E-state index in [-0.39, 0.29) is 23.7 Å². The molecule has 3 aliphatic carbocycles. The maximum absolute atomic E-state index is 13.9. The summed E-state index contributed by atoms with van der Waals surface area (Å²) < 4.78 is 6.24. The van der Waals surface area contributed by atoms with Crippen LogP contribution in [0.2, 0.25) is 0 Å². The summed E-state index contributed by atoms with van der Waals surface area (Å²) in [4.78, 5) is 27.7. The Balaban J connectivity index is 1.10. The van der Waals surface area contributed by atoms with Crippen LogP contribution >= 0.6 is 0 Å². The molecule has 5 aromatic rings. The van der Waals surface area contributed by atoms with Gasteiger partial charge in [-0.25, -0.2) is 0 Å². The number of carbonyl (C=O) groups excluding carboxylic acids is 2. The van der Waals surface area contributed by atoms with Gasteiger partial charge in [-0.3, -0.25) is 9.59 Å². The van der Waals surface area contributed by atoms with Crippen LogP contribution in [0.3, 0.4) is 0 Å². The molecule has 5 nitrogen and oxygen atoms in total. The number of ether oxygens (including phenoxy) is 1. The van der Waals surface area contributed by atoms with Gasteiger partial charge in [0.15, 0.2) is 0 Å². The number of carbonyl (C=O) groups is 2. The zero-order chi connectivity index (χ0) is 27.5. The molecule has 0 unspecified atom stereocenters. The number of imide groups is 1. The van der Waals surface area contributed by atoms with Crippen molar-refractivity contribution in [3.8, 4) is 5.75 Å². The fraction of sp³-hybridized carbons (Fsp3) is 0.139. The lowest BCUT2D eigenvalue weighted by atomic mass is 9.55. The van der Waals surface area contributed by atoms with E-state index in [9.17, 15) is 9.59 Å². The van der Waals surface area contributed by atoms with Gasteiger partial charge in [-0.05, 0) is 50.7 Å². The number of hydrogen-bond acceptors (Lipinski definition) is 4. The van der Waals surface area contributed by atoms with E-state index in [1.807, 2.05) is 66.7 Å². The van der Waals surface area contributed by atoms with Crippen LogP contribution in [0.4, 0.5) is 0 Å². The molecule has 9 rings (SSSR count). The summed E-state index contributed by atoms with van der Waals surface area (Å²) in [6.45, 7) is 0.387. The second-order valence-electron chi connectivity index (χ2n) is 11.0. The van der Waals surface area contributed by atoms with Crippen LogP contribution in [-0.4, -0.2) is 23.0 Å². The number of amides is 2. The Morgan fingerprint density at radius 3 is 1.83 bits per heavy atom. The zero-order valence-corrected chi connectivity index (χ0v) is 22.2. The topological polar surface area (TPSA) is 59.0 Å². The molecule has 0 radical (unpaired) electrons. The first kappa shape index (κ1) is 23.8. The summed E-state index contributed by atoms with van der Waals surface area (Å²) in [5, 5.41) is 7.91. The van der Waals surface area contributed by atoms with E-state index < -0.39 is 11.8 Å². The van der Waals surface area contributed by atoms with E-state index in [1.54, 1.807) is 6.21 Å². The molecular formula is C36H26N2O3. The molecule has 5 heteroatoms. The normalized spacial score (nSPS) is 22.2. The Morgan fingerprint density at radius 2 is 1.17 bits per heavy atom. The molecule has 198 valence electrons. The van der Waals surface area contributed by atoms with Gasteiger partial charge in [-0.2, -0.15) is 10.1 Å². The summed E-state index contributed by atoms with van der Waals surface area (Å²) in [6.07, 6.45) is 1.58. The average Bonchev–Trinajstić information content (AvgIpc) is 3.28. The highest BCUT2D eigenvalue weighted by atomic mass is 16.5. The maximum atomic E-state index is 13.9. The van der Waals surface area contributed by atoms with Crippen LogP contribution in [0.15, 0.2) is 120 Å². The molecule has 0 saturated carbocycles. The SMILES string of the molecule is O=C1[C@H]2C3c4ccccc4C(c4ccccc43)[C@@H]2C(=O)N1/N=C\c1ccccc1OCc1cccc2ccccc12. The lowest BCUT2D eigenvalue weighted by Crippen LogP contribution is -2.41. The first-order chi connectivity index (χ1) is 20.2. The summed E-state index contributed by atoms with van der Waals surface area (Å²) in [5.74, 6) is -1.02. The molecule has 0 N–H and O–H groups in total. The van der Waals surface area contributed by atoms with Gasteiger partial charge in [0.05, 0.1) is 18.1 Å². The smallest absolute Gasteiger partial charge is 0.254 e. The van der Waals surface area contributed by atoms with E-state index in [1.165, 1.54) is 0 Å². The Hall–Kier alpha value is -5.03. The third-order valence-corrected chi connectivity index (χ3v) is 8.92. The predicted octanol–water partition coefficient (Wildman–Crippen LogP) is 6.64. The molecule has 2 atom stereocenters. The number of fused-ring (bicyclic) bond motifs is 1.